The van der Waals surface area contributed by atoms with Gasteiger partial charge in [0.25, 0.3) is 0 Å². The van der Waals surface area contributed by atoms with E-state index in [9.17, 15) is 5.11 Å². The highest BCUT2D eigenvalue weighted by atomic mass is 16.5. The summed E-state index contributed by atoms with van der Waals surface area (Å²) in [6, 6.07) is 7.82. The molecule has 0 amide bonds. The summed E-state index contributed by atoms with van der Waals surface area (Å²) in [4.78, 5) is 1.93. The Labute approximate surface area is 91.3 Å². The van der Waals surface area contributed by atoms with Gasteiger partial charge >= 0.3 is 0 Å². The number of rotatable bonds is 5. The maximum Gasteiger partial charge on any atom is 0.119 e. The van der Waals surface area contributed by atoms with Crippen molar-refractivity contribution in [1.82, 2.24) is 4.90 Å². The Morgan fingerprint density at radius 2 is 2.13 bits per heavy atom. The quantitative estimate of drug-likeness (QED) is 0.793. The molecular formula is C12H19NO2. The van der Waals surface area contributed by atoms with Gasteiger partial charge in [0.15, 0.2) is 0 Å². The molecule has 0 radical (unpaired) electrons. The molecule has 0 saturated heterocycles. The van der Waals surface area contributed by atoms with Gasteiger partial charge in [-0.3, -0.25) is 0 Å². The number of aliphatic hydroxyl groups excluding tert-OH is 1. The largest absolute Gasteiger partial charge is 0.491 e. The Morgan fingerprint density at radius 3 is 2.73 bits per heavy atom. The second kappa shape index (κ2) is 5.73. The fourth-order valence-electron chi connectivity index (χ4n) is 1.37. The predicted molar refractivity (Wildman–Crippen MR) is 61.2 cm³/mol. The average molecular weight is 209 g/mol. The maximum atomic E-state index is 9.58. The summed E-state index contributed by atoms with van der Waals surface area (Å²) in [7, 11) is 3.85. The fraction of sp³-hybridized carbons (Fsp3) is 0.500. The zero-order valence-electron chi connectivity index (χ0n) is 9.60. The molecule has 0 bridgehead atoms. The molecule has 1 unspecified atom stereocenters. The van der Waals surface area contributed by atoms with E-state index in [2.05, 4.69) is 0 Å². The lowest BCUT2D eigenvalue weighted by atomic mass is 10.2. The van der Waals surface area contributed by atoms with Crippen LogP contribution in [0.3, 0.4) is 0 Å². The summed E-state index contributed by atoms with van der Waals surface area (Å²) in [5, 5.41) is 9.58. The first-order valence-electron chi connectivity index (χ1n) is 5.10. The monoisotopic (exact) mass is 209 g/mol. The Morgan fingerprint density at radius 1 is 1.40 bits per heavy atom. The Balaban J connectivity index is 2.36. The standard InChI is InChI=1S/C12H19NO2/c1-10-5-4-6-12(7-10)15-9-11(14)8-13(2)3/h4-7,11,14H,8-9H2,1-3H3. The number of hydrogen-bond donors (Lipinski definition) is 1. The van der Waals surface area contributed by atoms with E-state index in [1.54, 1.807) is 0 Å². The van der Waals surface area contributed by atoms with Crippen LogP contribution in [-0.4, -0.2) is 43.4 Å². The van der Waals surface area contributed by atoms with Crippen LogP contribution in [0.2, 0.25) is 0 Å². The summed E-state index contributed by atoms with van der Waals surface area (Å²) >= 11 is 0. The second-order valence-corrected chi connectivity index (χ2v) is 4.04. The highest BCUT2D eigenvalue weighted by Crippen LogP contribution is 2.12. The van der Waals surface area contributed by atoms with Gasteiger partial charge in [-0.25, -0.2) is 0 Å². The molecular weight excluding hydrogens is 190 g/mol. The van der Waals surface area contributed by atoms with Crippen LogP contribution >= 0.6 is 0 Å². The third kappa shape index (κ3) is 4.81. The number of nitrogens with zero attached hydrogens (tertiary/aromatic N) is 1. The molecule has 3 heteroatoms. The van der Waals surface area contributed by atoms with Gasteiger partial charge in [-0.2, -0.15) is 0 Å². The molecule has 1 atom stereocenters. The van der Waals surface area contributed by atoms with Crippen molar-refractivity contribution in [3.8, 4) is 5.75 Å². The van der Waals surface area contributed by atoms with Crippen LogP contribution < -0.4 is 4.74 Å². The summed E-state index contributed by atoms with van der Waals surface area (Å²) in [5.41, 5.74) is 1.16. The number of ether oxygens (including phenoxy) is 1. The second-order valence-electron chi connectivity index (χ2n) is 4.04. The van der Waals surface area contributed by atoms with Gasteiger partial charge < -0.3 is 14.7 Å². The maximum absolute atomic E-state index is 9.58. The van der Waals surface area contributed by atoms with Crippen molar-refractivity contribution in [2.45, 2.75) is 13.0 Å². The molecule has 84 valence electrons. The minimum Gasteiger partial charge on any atom is -0.491 e. The predicted octanol–water partition coefficient (Wildman–Crippen LogP) is 1.30. The Kier molecular flexibility index (Phi) is 4.59. The lowest BCUT2D eigenvalue weighted by molar-refractivity contribution is 0.0831. The van der Waals surface area contributed by atoms with Crippen molar-refractivity contribution in [1.29, 1.82) is 0 Å². The number of benzene rings is 1. The molecule has 1 rings (SSSR count). The molecule has 0 heterocycles. The first kappa shape index (κ1) is 12.0. The number of likely N-dealkylation sites (N-methyl/N-ethyl adjacent to an activating group) is 1. The van der Waals surface area contributed by atoms with Crippen LogP contribution in [0.5, 0.6) is 5.75 Å². The molecule has 0 aliphatic heterocycles. The van der Waals surface area contributed by atoms with E-state index >= 15 is 0 Å². The van der Waals surface area contributed by atoms with Gasteiger partial charge in [-0.1, -0.05) is 12.1 Å². The molecule has 1 aromatic rings. The highest BCUT2D eigenvalue weighted by Gasteiger charge is 2.06. The van der Waals surface area contributed by atoms with Crippen molar-refractivity contribution >= 4 is 0 Å². The van der Waals surface area contributed by atoms with Crippen molar-refractivity contribution in [2.24, 2.45) is 0 Å². The van der Waals surface area contributed by atoms with Gasteiger partial charge in [-0.05, 0) is 38.7 Å². The fourth-order valence-corrected chi connectivity index (χ4v) is 1.37. The number of aryl methyl sites for hydroxylation is 1. The first-order chi connectivity index (χ1) is 7.08. The SMILES string of the molecule is Cc1cccc(OCC(O)CN(C)C)c1. The molecule has 0 aromatic heterocycles. The molecule has 0 aliphatic rings. The topological polar surface area (TPSA) is 32.7 Å². The number of hydrogen-bond acceptors (Lipinski definition) is 3. The number of aliphatic hydroxyl groups is 1. The van der Waals surface area contributed by atoms with Gasteiger partial charge in [0.1, 0.15) is 18.5 Å². The Hall–Kier alpha value is -1.06. The molecule has 3 nitrogen and oxygen atoms in total. The summed E-state index contributed by atoms with van der Waals surface area (Å²) in [6.07, 6.45) is -0.444. The third-order valence-corrected chi connectivity index (χ3v) is 2.01. The van der Waals surface area contributed by atoms with E-state index in [-0.39, 0.29) is 0 Å². The Bertz CT molecular complexity index is 299. The molecule has 0 spiro atoms. The highest BCUT2D eigenvalue weighted by molar-refractivity contribution is 5.27. The van der Waals surface area contributed by atoms with Crippen LogP contribution in [0.4, 0.5) is 0 Å². The van der Waals surface area contributed by atoms with E-state index in [4.69, 9.17) is 4.74 Å². The average Bonchev–Trinajstić information content (AvgIpc) is 2.14. The minimum absolute atomic E-state index is 0.335. The lowest BCUT2D eigenvalue weighted by Gasteiger charge is -2.16. The zero-order valence-corrected chi connectivity index (χ0v) is 9.60. The molecule has 1 N–H and O–H groups in total. The van der Waals surface area contributed by atoms with Gasteiger partial charge in [0, 0.05) is 6.54 Å². The normalized spacial score (nSPS) is 12.9. The van der Waals surface area contributed by atoms with E-state index in [0.29, 0.717) is 13.2 Å². The molecule has 15 heavy (non-hydrogen) atoms. The van der Waals surface area contributed by atoms with Gasteiger partial charge in [0.05, 0.1) is 0 Å². The van der Waals surface area contributed by atoms with Crippen molar-refractivity contribution < 1.29 is 9.84 Å². The molecule has 0 saturated carbocycles. The van der Waals surface area contributed by atoms with Crippen LogP contribution in [0.1, 0.15) is 5.56 Å². The van der Waals surface area contributed by atoms with Crippen LogP contribution in [0.25, 0.3) is 0 Å². The summed E-state index contributed by atoms with van der Waals surface area (Å²) in [5.74, 6) is 0.813. The van der Waals surface area contributed by atoms with E-state index in [0.717, 1.165) is 11.3 Å². The molecule has 0 fully saturated rings. The van der Waals surface area contributed by atoms with Crippen molar-refractivity contribution in [2.75, 3.05) is 27.2 Å². The van der Waals surface area contributed by atoms with E-state index in [1.165, 1.54) is 0 Å². The van der Waals surface area contributed by atoms with Crippen LogP contribution in [0, 0.1) is 6.92 Å². The molecule has 0 aliphatic carbocycles. The first-order valence-corrected chi connectivity index (χ1v) is 5.10. The van der Waals surface area contributed by atoms with Crippen LogP contribution in [-0.2, 0) is 0 Å². The van der Waals surface area contributed by atoms with E-state index in [1.807, 2.05) is 50.2 Å². The van der Waals surface area contributed by atoms with Crippen molar-refractivity contribution in [3.05, 3.63) is 29.8 Å². The summed E-state index contributed by atoms with van der Waals surface area (Å²) in [6.45, 7) is 2.97. The lowest BCUT2D eigenvalue weighted by Crippen LogP contribution is -2.30. The summed E-state index contributed by atoms with van der Waals surface area (Å²) < 4.78 is 5.47. The van der Waals surface area contributed by atoms with Crippen molar-refractivity contribution in [3.63, 3.8) is 0 Å². The van der Waals surface area contributed by atoms with Gasteiger partial charge in [-0.15, -0.1) is 0 Å². The minimum atomic E-state index is -0.444. The van der Waals surface area contributed by atoms with Crippen LogP contribution in [0.15, 0.2) is 24.3 Å². The van der Waals surface area contributed by atoms with E-state index < -0.39 is 6.10 Å². The zero-order chi connectivity index (χ0) is 11.3. The molecule has 1 aromatic carbocycles. The van der Waals surface area contributed by atoms with Gasteiger partial charge in [0.2, 0.25) is 0 Å². The third-order valence-electron chi connectivity index (χ3n) is 2.01. The smallest absolute Gasteiger partial charge is 0.119 e.